The number of carbonyl (C=O) groups excluding carboxylic acids is 3. The molecule has 10 nitrogen and oxygen atoms in total. The molecule has 0 radical (unpaired) electrons. The summed E-state index contributed by atoms with van der Waals surface area (Å²) < 4.78 is 27.6. The lowest BCUT2D eigenvalue weighted by Gasteiger charge is -2.17. The first-order valence-corrected chi connectivity index (χ1v) is 9.84. The van der Waals surface area contributed by atoms with E-state index in [2.05, 4.69) is 10.6 Å². The first-order chi connectivity index (χ1) is 15.7. The molecule has 0 heterocycles. The normalized spacial score (nSPS) is 10.5. The number of hydrogen-bond donors (Lipinski definition) is 6. The van der Waals surface area contributed by atoms with E-state index in [-0.39, 0.29) is 26.2 Å². The van der Waals surface area contributed by atoms with Gasteiger partial charge in [0.2, 0.25) is 6.41 Å². The van der Waals surface area contributed by atoms with Gasteiger partial charge in [-0.2, -0.15) is 0 Å². The van der Waals surface area contributed by atoms with E-state index in [1.165, 1.54) is 4.90 Å². The number of nitrogens with one attached hydrogen (secondary N) is 2. The van der Waals surface area contributed by atoms with Gasteiger partial charge in [0.1, 0.15) is 0 Å². The van der Waals surface area contributed by atoms with Gasteiger partial charge in [-0.05, 0) is 37.1 Å². The summed E-state index contributed by atoms with van der Waals surface area (Å²) in [5.41, 5.74) is -0.877. The molecule has 0 unspecified atom stereocenters. The van der Waals surface area contributed by atoms with Gasteiger partial charge in [0.05, 0.1) is 11.1 Å². The van der Waals surface area contributed by atoms with Crippen molar-refractivity contribution in [2.75, 3.05) is 26.2 Å². The molecule has 0 fully saturated rings. The van der Waals surface area contributed by atoms with Gasteiger partial charge in [0.15, 0.2) is 34.6 Å². The van der Waals surface area contributed by atoms with E-state index >= 15 is 0 Å². The molecule has 0 saturated heterocycles. The Morgan fingerprint density at radius 1 is 0.788 bits per heavy atom. The van der Waals surface area contributed by atoms with Crippen LogP contribution in [0.2, 0.25) is 0 Å². The molecule has 0 bridgehead atoms. The summed E-state index contributed by atoms with van der Waals surface area (Å²) in [4.78, 5) is 36.5. The minimum absolute atomic E-state index is 0.102. The highest BCUT2D eigenvalue weighted by Crippen LogP contribution is 2.30. The van der Waals surface area contributed by atoms with Crippen LogP contribution in [0.5, 0.6) is 23.0 Å². The molecule has 0 spiro atoms. The number of hydrogen-bond acceptors (Lipinski definition) is 7. The molecule has 12 heteroatoms. The van der Waals surface area contributed by atoms with Crippen LogP contribution in [-0.2, 0) is 4.79 Å². The van der Waals surface area contributed by atoms with Crippen LogP contribution < -0.4 is 10.6 Å². The third-order valence-corrected chi connectivity index (χ3v) is 4.64. The number of amides is 3. The summed E-state index contributed by atoms with van der Waals surface area (Å²) in [6.45, 7) is 0.707. The van der Waals surface area contributed by atoms with Crippen molar-refractivity contribution < 1.29 is 43.6 Å². The zero-order valence-corrected chi connectivity index (χ0v) is 17.3. The predicted molar refractivity (Wildman–Crippen MR) is 111 cm³/mol. The highest BCUT2D eigenvalue weighted by atomic mass is 19.1. The Labute approximate surface area is 187 Å². The Balaban J connectivity index is 1.71. The second-order valence-electron chi connectivity index (χ2n) is 6.95. The highest BCUT2D eigenvalue weighted by molar-refractivity contribution is 5.95. The number of halogens is 2. The number of benzene rings is 2. The molecule has 2 aromatic carbocycles. The van der Waals surface area contributed by atoms with E-state index in [1.807, 2.05) is 0 Å². The van der Waals surface area contributed by atoms with E-state index in [0.29, 0.717) is 19.3 Å². The van der Waals surface area contributed by atoms with Crippen LogP contribution in [0, 0.1) is 11.6 Å². The zero-order valence-electron chi connectivity index (χ0n) is 17.3. The molecule has 0 saturated carbocycles. The van der Waals surface area contributed by atoms with Crippen LogP contribution in [0.25, 0.3) is 0 Å². The lowest BCUT2D eigenvalue weighted by atomic mass is 10.1. The van der Waals surface area contributed by atoms with Gasteiger partial charge in [-0.1, -0.05) is 0 Å². The van der Waals surface area contributed by atoms with Crippen LogP contribution in [0.3, 0.4) is 0 Å². The van der Waals surface area contributed by atoms with Gasteiger partial charge in [0.25, 0.3) is 11.8 Å². The number of rotatable bonds is 11. The molecule has 0 atom stereocenters. The first kappa shape index (κ1) is 25.2. The highest BCUT2D eigenvalue weighted by Gasteiger charge is 2.18. The van der Waals surface area contributed by atoms with E-state index in [1.54, 1.807) is 0 Å². The SMILES string of the molecule is O=CN(CCCNC(=O)c1ccc(O)c(O)c1F)CCCNC(=O)c1ccc(O)c(O)c1F. The topological polar surface area (TPSA) is 159 Å². The second kappa shape index (κ2) is 11.5. The third-order valence-electron chi connectivity index (χ3n) is 4.64. The Hall–Kier alpha value is -4.09. The summed E-state index contributed by atoms with van der Waals surface area (Å²) in [5, 5.41) is 41.9. The fraction of sp³-hybridized carbons (Fsp3) is 0.286. The Morgan fingerprint density at radius 3 is 1.55 bits per heavy atom. The number of phenols is 4. The number of nitrogens with zero attached hydrogens (tertiary/aromatic N) is 1. The van der Waals surface area contributed by atoms with Gasteiger partial charge < -0.3 is 36.0 Å². The molecule has 0 aliphatic carbocycles. The van der Waals surface area contributed by atoms with E-state index in [0.717, 1.165) is 24.3 Å². The van der Waals surface area contributed by atoms with Crippen molar-refractivity contribution in [3.63, 3.8) is 0 Å². The molecule has 178 valence electrons. The molecule has 33 heavy (non-hydrogen) atoms. The molecule has 6 N–H and O–H groups in total. The van der Waals surface area contributed by atoms with Crippen LogP contribution in [0.15, 0.2) is 24.3 Å². The maximum atomic E-state index is 13.8. The summed E-state index contributed by atoms with van der Waals surface area (Å²) in [5.74, 6) is -7.50. The summed E-state index contributed by atoms with van der Waals surface area (Å²) in [6.07, 6.45) is 1.25. The lowest BCUT2D eigenvalue weighted by molar-refractivity contribution is -0.118. The standard InChI is InChI=1S/C21H23F2N3O7/c22-16-12(3-5-14(28)18(16)30)20(32)24-7-1-9-26(11-27)10-2-8-25-21(33)13-4-6-15(29)19(31)17(13)23/h3-6,11,28-31H,1-2,7-10H2,(H,24,32)(H,25,33). The fourth-order valence-corrected chi connectivity index (χ4v) is 2.84. The van der Waals surface area contributed by atoms with E-state index in [9.17, 15) is 43.6 Å². The number of phenolic OH excluding ortho intramolecular Hbond substituents is 4. The van der Waals surface area contributed by atoms with Crippen molar-refractivity contribution in [3.05, 3.63) is 47.0 Å². The van der Waals surface area contributed by atoms with Gasteiger partial charge >= 0.3 is 0 Å². The zero-order chi connectivity index (χ0) is 24.5. The average Bonchev–Trinajstić information content (AvgIpc) is 2.79. The Bertz CT molecular complexity index is 956. The largest absolute Gasteiger partial charge is 0.504 e. The Morgan fingerprint density at radius 2 is 1.18 bits per heavy atom. The smallest absolute Gasteiger partial charge is 0.254 e. The van der Waals surface area contributed by atoms with Crippen molar-refractivity contribution in [2.45, 2.75) is 12.8 Å². The second-order valence-corrected chi connectivity index (χ2v) is 6.95. The molecule has 0 aliphatic rings. The average molecular weight is 467 g/mol. The predicted octanol–water partition coefficient (Wildman–Crippen LogP) is 1.19. The molecular weight excluding hydrogens is 444 g/mol. The quantitative estimate of drug-likeness (QED) is 0.164. The van der Waals surface area contributed by atoms with Crippen LogP contribution in [-0.4, -0.2) is 69.7 Å². The molecule has 3 amide bonds. The number of aromatic hydroxyl groups is 4. The van der Waals surface area contributed by atoms with Gasteiger partial charge in [-0.3, -0.25) is 14.4 Å². The van der Waals surface area contributed by atoms with Gasteiger partial charge in [-0.25, -0.2) is 8.78 Å². The minimum Gasteiger partial charge on any atom is -0.504 e. The van der Waals surface area contributed by atoms with Crippen molar-refractivity contribution in [1.82, 2.24) is 15.5 Å². The minimum atomic E-state index is -1.24. The first-order valence-electron chi connectivity index (χ1n) is 9.84. The van der Waals surface area contributed by atoms with Gasteiger partial charge in [-0.15, -0.1) is 0 Å². The monoisotopic (exact) mass is 467 g/mol. The van der Waals surface area contributed by atoms with Crippen molar-refractivity contribution in [3.8, 4) is 23.0 Å². The van der Waals surface area contributed by atoms with Crippen LogP contribution >= 0.6 is 0 Å². The third kappa shape index (κ3) is 6.45. The fourth-order valence-electron chi connectivity index (χ4n) is 2.84. The van der Waals surface area contributed by atoms with E-state index in [4.69, 9.17) is 0 Å². The summed E-state index contributed by atoms with van der Waals surface area (Å²) >= 11 is 0. The van der Waals surface area contributed by atoms with Crippen molar-refractivity contribution in [2.24, 2.45) is 0 Å². The maximum absolute atomic E-state index is 13.8. The van der Waals surface area contributed by atoms with Crippen molar-refractivity contribution >= 4 is 18.2 Å². The van der Waals surface area contributed by atoms with Gasteiger partial charge in [0, 0.05) is 26.2 Å². The lowest BCUT2D eigenvalue weighted by Crippen LogP contribution is -2.32. The summed E-state index contributed by atoms with van der Waals surface area (Å²) in [6, 6.07) is 4.02. The molecular formula is C21H23F2N3O7. The maximum Gasteiger partial charge on any atom is 0.254 e. The molecule has 2 aromatic rings. The molecule has 2 rings (SSSR count). The molecule has 0 aliphatic heterocycles. The van der Waals surface area contributed by atoms with Crippen LogP contribution in [0.4, 0.5) is 8.78 Å². The number of carbonyl (C=O) groups is 3. The summed E-state index contributed by atoms with van der Waals surface area (Å²) in [7, 11) is 0. The van der Waals surface area contributed by atoms with Crippen LogP contribution in [0.1, 0.15) is 33.6 Å². The van der Waals surface area contributed by atoms with E-state index < -0.39 is 57.6 Å². The molecule has 0 aromatic heterocycles. The Kier molecular flexibility index (Phi) is 8.78. The van der Waals surface area contributed by atoms with Crippen molar-refractivity contribution in [1.29, 1.82) is 0 Å².